The number of aryl methyl sites for hydroxylation is 1. The maximum absolute atomic E-state index is 12.4. The molecule has 2 atom stereocenters. The van der Waals surface area contributed by atoms with Gasteiger partial charge in [-0.15, -0.1) is 0 Å². The number of carbonyl (C=O) groups is 2. The maximum Gasteiger partial charge on any atom is 0.224 e. The maximum atomic E-state index is 12.4. The smallest absolute Gasteiger partial charge is 0.224 e. The van der Waals surface area contributed by atoms with E-state index in [1.165, 1.54) is 0 Å². The molecule has 7 nitrogen and oxygen atoms in total. The Morgan fingerprint density at radius 1 is 1.42 bits per heavy atom. The molecule has 0 aliphatic carbocycles. The number of rotatable bonds is 5. The topological polar surface area (TPSA) is 83.8 Å². The number of nitrogens with zero attached hydrogens (tertiary/aromatic N) is 1. The Morgan fingerprint density at radius 2 is 2.21 bits per heavy atom. The summed E-state index contributed by atoms with van der Waals surface area (Å²) in [6.07, 6.45) is 1.03. The molecule has 24 heavy (non-hydrogen) atoms. The van der Waals surface area contributed by atoms with Gasteiger partial charge in [0.05, 0.1) is 25.2 Å². The molecule has 132 valence electrons. The van der Waals surface area contributed by atoms with E-state index in [-0.39, 0.29) is 23.8 Å². The summed E-state index contributed by atoms with van der Waals surface area (Å²) in [6.45, 7) is 5.86. The lowest BCUT2D eigenvalue weighted by atomic mass is 9.98. The van der Waals surface area contributed by atoms with Gasteiger partial charge in [0.2, 0.25) is 11.8 Å². The van der Waals surface area contributed by atoms with Crippen molar-refractivity contribution in [1.82, 2.24) is 15.5 Å². The van der Waals surface area contributed by atoms with Gasteiger partial charge in [0.15, 0.2) is 0 Å². The average Bonchev–Trinajstić information content (AvgIpc) is 3.02. The number of nitrogens with one attached hydrogen (secondary N) is 2. The third-order valence-electron chi connectivity index (χ3n) is 4.68. The summed E-state index contributed by atoms with van der Waals surface area (Å²) in [5, 5.41) is 5.79. The van der Waals surface area contributed by atoms with Gasteiger partial charge in [0, 0.05) is 32.6 Å². The van der Waals surface area contributed by atoms with Crippen molar-refractivity contribution in [1.29, 1.82) is 0 Å². The van der Waals surface area contributed by atoms with Crippen molar-refractivity contribution in [2.75, 3.05) is 39.4 Å². The van der Waals surface area contributed by atoms with E-state index in [0.29, 0.717) is 39.1 Å². The molecule has 3 rings (SSSR count). The lowest BCUT2D eigenvalue weighted by molar-refractivity contribution is -0.129. The van der Waals surface area contributed by atoms with Crippen LogP contribution < -0.4 is 10.6 Å². The van der Waals surface area contributed by atoms with E-state index < -0.39 is 0 Å². The Balaban J connectivity index is 1.61. The van der Waals surface area contributed by atoms with E-state index in [1.807, 2.05) is 19.1 Å². The predicted octanol–water partition coefficient (Wildman–Crippen LogP) is 0.604. The first-order valence-electron chi connectivity index (χ1n) is 8.56. The van der Waals surface area contributed by atoms with Gasteiger partial charge in [0.25, 0.3) is 0 Å². The Hall–Kier alpha value is -1.86. The van der Waals surface area contributed by atoms with E-state index in [2.05, 4.69) is 15.5 Å². The third-order valence-corrected chi connectivity index (χ3v) is 4.68. The van der Waals surface area contributed by atoms with Gasteiger partial charge < -0.3 is 19.8 Å². The normalized spacial score (nSPS) is 23.5. The summed E-state index contributed by atoms with van der Waals surface area (Å²) in [6, 6.07) is 3.92. The number of furan rings is 1. The lowest BCUT2D eigenvalue weighted by Crippen LogP contribution is -2.47. The molecule has 0 aromatic carbocycles. The van der Waals surface area contributed by atoms with Crippen molar-refractivity contribution in [3.8, 4) is 0 Å². The second-order valence-electron chi connectivity index (χ2n) is 6.40. The zero-order chi connectivity index (χ0) is 16.9. The molecule has 1 aromatic heterocycles. The van der Waals surface area contributed by atoms with Crippen LogP contribution in [0.4, 0.5) is 0 Å². The highest BCUT2D eigenvalue weighted by Gasteiger charge is 2.28. The van der Waals surface area contributed by atoms with Crippen molar-refractivity contribution in [2.24, 2.45) is 5.92 Å². The number of ether oxygens (including phenoxy) is 1. The monoisotopic (exact) mass is 335 g/mol. The van der Waals surface area contributed by atoms with Crippen LogP contribution in [0.2, 0.25) is 0 Å². The molecular weight excluding hydrogens is 310 g/mol. The van der Waals surface area contributed by atoms with Crippen LogP contribution in [0.1, 0.15) is 30.4 Å². The number of morpholine rings is 1. The predicted molar refractivity (Wildman–Crippen MR) is 87.3 cm³/mol. The molecule has 0 radical (unpaired) electrons. The van der Waals surface area contributed by atoms with Crippen LogP contribution in [0.5, 0.6) is 0 Å². The number of piperidine rings is 1. The van der Waals surface area contributed by atoms with E-state index in [4.69, 9.17) is 9.15 Å². The van der Waals surface area contributed by atoms with Crippen molar-refractivity contribution in [2.45, 2.75) is 25.8 Å². The fraction of sp³-hybridized carbons (Fsp3) is 0.647. The molecule has 0 saturated carbocycles. The summed E-state index contributed by atoms with van der Waals surface area (Å²) in [5.74, 6) is 1.61. The summed E-state index contributed by atoms with van der Waals surface area (Å²) < 4.78 is 11.2. The molecule has 0 unspecified atom stereocenters. The van der Waals surface area contributed by atoms with Gasteiger partial charge in [-0.05, 0) is 25.5 Å². The molecule has 2 N–H and O–H groups in total. The molecule has 7 heteroatoms. The average molecular weight is 335 g/mol. The minimum absolute atomic E-state index is 0.00321. The van der Waals surface area contributed by atoms with Crippen molar-refractivity contribution < 1.29 is 18.7 Å². The van der Waals surface area contributed by atoms with Crippen LogP contribution in [0, 0.1) is 12.8 Å². The summed E-state index contributed by atoms with van der Waals surface area (Å²) in [4.78, 5) is 25.9. The first kappa shape index (κ1) is 17.0. The van der Waals surface area contributed by atoms with Crippen LogP contribution >= 0.6 is 0 Å². The highest BCUT2D eigenvalue weighted by Crippen LogP contribution is 2.23. The summed E-state index contributed by atoms with van der Waals surface area (Å²) >= 11 is 0. The second-order valence-corrected chi connectivity index (χ2v) is 6.40. The van der Waals surface area contributed by atoms with Gasteiger partial charge in [0.1, 0.15) is 11.5 Å². The van der Waals surface area contributed by atoms with Crippen LogP contribution in [0.3, 0.4) is 0 Å². The Morgan fingerprint density at radius 3 is 2.83 bits per heavy atom. The fourth-order valence-electron chi connectivity index (χ4n) is 3.23. The Kier molecular flexibility index (Phi) is 5.52. The minimum atomic E-state index is -0.147. The van der Waals surface area contributed by atoms with Crippen LogP contribution in [-0.2, 0) is 14.3 Å². The SMILES string of the molecule is Cc1ccc([C@@H](CNC(=O)[C@H]2CCC(=O)NC2)N2CCOCC2)o1. The molecule has 0 bridgehead atoms. The Labute approximate surface area is 141 Å². The van der Waals surface area contributed by atoms with Gasteiger partial charge in [-0.3, -0.25) is 14.5 Å². The zero-order valence-electron chi connectivity index (χ0n) is 14.0. The molecule has 2 saturated heterocycles. The van der Waals surface area contributed by atoms with Crippen LogP contribution in [0.15, 0.2) is 16.5 Å². The molecule has 3 heterocycles. The second kappa shape index (κ2) is 7.81. The van der Waals surface area contributed by atoms with Crippen molar-refractivity contribution >= 4 is 11.8 Å². The number of carbonyl (C=O) groups excluding carboxylic acids is 2. The number of hydrogen-bond donors (Lipinski definition) is 2. The molecule has 2 aliphatic heterocycles. The number of hydrogen-bond acceptors (Lipinski definition) is 5. The van der Waals surface area contributed by atoms with E-state index in [9.17, 15) is 9.59 Å². The van der Waals surface area contributed by atoms with Crippen molar-refractivity contribution in [3.63, 3.8) is 0 Å². The molecular formula is C17H25N3O4. The molecule has 2 amide bonds. The largest absolute Gasteiger partial charge is 0.465 e. The van der Waals surface area contributed by atoms with E-state index >= 15 is 0 Å². The highest BCUT2D eigenvalue weighted by molar-refractivity contribution is 5.83. The molecule has 2 aliphatic rings. The van der Waals surface area contributed by atoms with Gasteiger partial charge in [-0.1, -0.05) is 0 Å². The minimum Gasteiger partial charge on any atom is -0.465 e. The van der Waals surface area contributed by atoms with E-state index in [0.717, 1.165) is 24.6 Å². The molecule has 0 spiro atoms. The van der Waals surface area contributed by atoms with E-state index in [1.54, 1.807) is 0 Å². The van der Waals surface area contributed by atoms with Crippen molar-refractivity contribution in [3.05, 3.63) is 23.7 Å². The lowest BCUT2D eigenvalue weighted by Gasteiger charge is -2.33. The van der Waals surface area contributed by atoms with Gasteiger partial charge >= 0.3 is 0 Å². The standard InChI is InChI=1S/C17H25N3O4/c1-12-2-4-15(24-12)14(20-6-8-23-9-7-20)11-19-17(22)13-3-5-16(21)18-10-13/h2,4,13-14H,3,5-11H2,1H3,(H,18,21)(H,19,22)/t13-,14+/m0/s1. The van der Waals surface area contributed by atoms with Crippen LogP contribution in [-0.4, -0.2) is 56.1 Å². The number of amides is 2. The Bertz CT molecular complexity index is 570. The van der Waals surface area contributed by atoms with Gasteiger partial charge in [-0.2, -0.15) is 0 Å². The molecule has 2 fully saturated rings. The van der Waals surface area contributed by atoms with Gasteiger partial charge in [-0.25, -0.2) is 0 Å². The third kappa shape index (κ3) is 4.15. The van der Waals surface area contributed by atoms with Crippen LogP contribution in [0.25, 0.3) is 0 Å². The molecule has 1 aromatic rings. The highest BCUT2D eigenvalue weighted by atomic mass is 16.5. The quantitative estimate of drug-likeness (QED) is 0.823. The summed E-state index contributed by atoms with van der Waals surface area (Å²) in [7, 11) is 0. The first-order valence-corrected chi connectivity index (χ1v) is 8.56. The summed E-state index contributed by atoms with van der Waals surface area (Å²) in [5.41, 5.74) is 0. The fourth-order valence-corrected chi connectivity index (χ4v) is 3.23. The zero-order valence-corrected chi connectivity index (χ0v) is 14.0. The first-order chi connectivity index (χ1) is 11.6.